The van der Waals surface area contributed by atoms with E-state index in [4.69, 9.17) is 16.7 Å². The topological polar surface area (TPSA) is 67.2 Å². The Labute approximate surface area is 142 Å². The van der Waals surface area contributed by atoms with Gasteiger partial charge >= 0.3 is 0 Å². The second-order valence-electron chi connectivity index (χ2n) is 5.35. The lowest BCUT2D eigenvalue weighted by Crippen LogP contribution is -2.24. The predicted molar refractivity (Wildman–Crippen MR) is 88.7 cm³/mol. The Balaban J connectivity index is 2.27. The fraction of sp³-hybridized carbons (Fsp3) is 0.375. The highest BCUT2D eigenvalue weighted by molar-refractivity contribution is 6.32. The third-order valence-corrected chi connectivity index (χ3v) is 4.12. The number of aliphatic hydroxyl groups excluding tert-OH is 1. The molecule has 1 atom stereocenters. The fourth-order valence-electron chi connectivity index (χ4n) is 2.27. The number of rotatable bonds is 7. The molecule has 2 aromatic rings. The van der Waals surface area contributed by atoms with Crippen LogP contribution >= 0.6 is 11.6 Å². The highest BCUT2D eigenvalue weighted by Gasteiger charge is 2.15. The Morgan fingerprint density at radius 3 is 2.79 bits per heavy atom. The molecule has 0 unspecified atom stereocenters. The van der Waals surface area contributed by atoms with E-state index >= 15 is 0 Å². The minimum Gasteiger partial charge on any atom is -0.396 e. The molecule has 1 heterocycles. The molecule has 0 aliphatic rings. The average Bonchev–Trinajstić information content (AvgIpc) is 2.56. The summed E-state index contributed by atoms with van der Waals surface area (Å²) in [7, 11) is 0. The first kappa shape index (κ1) is 18.4. The molecule has 0 amide bonds. The normalized spacial score (nSPS) is 12.2. The standard InChI is InChI=1S/C16H18ClF2N3O2/c1-2-10(5-6-23)8-20-13-9-21-22(16(24)15(13)17)14-4-3-11(18)7-12(14)19/h3-4,7,9-10,20,23H,2,5-6,8H2,1H3/t10-/m0/s1. The summed E-state index contributed by atoms with van der Waals surface area (Å²) in [5.74, 6) is -1.43. The van der Waals surface area contributed by atoms with Crippen LogP contribution in [-0.2, 0) is 0 Å². The van der Waals surface area contributed by atoms with Gasteiger partial charge in [0.15, 0.2) is 5.82 Å². The molecule has 0 saturated heterocycles. The number of nitrogens with zero attached hydrogens (tertiary/aromatic N) is 2. The summed E-state index contributed by atoms with van der Waals surface area (Å²) >= 11 is 6.05. The van der Waals surface area contributed by atoms with Gasteiger partial charge in [-0.1, -0.05) is 24.9 Å². The highest BCUT2D eigenvalue weighted by Crippen LogP contribution is 2.19. The Morgan fingerprint density at radius 2 is 2.17 bits per heavy atom. The lowest BCUT2D eigenvalue weighted by Gasteiger charge is -2.16. The van der Waals surface area contributed by atoms with Crippen molar-refractivity contribution in [3.63, 3.8) is 0 Å². The van der Waals surface area contributed by atoms with Crippen molar-refractivity contribution in [2.45, 2.75) is 19.8 Å². The molecule has 0 bridgehead atoms. The third kappa shape index (κ3) is 4.10. The zero-order valence-electron chi connectivity index (χ0n) is 13.1. The van der Waals surface area contributed by atoms with Crippen LogP contribution in [0.2, 0.25) is 5.02 Å². The van der Waals surface area contributed by atoms with Gasteiger partial charge in [0.05, 0.1) is 11.9 Å². The van der Waals surface area contributed by atoms with E-state index in [0.29, 0.717) is 24.7 Å². The van der Waals surface area contributed by atoms with Crippen molar-refractivity contribution in [2.24, 2.45) is 5.92 Å². The molecule has 0 aliphatic heterocycles. The first-order chi connectivity index (χ1) is 11.5. The lowest BCUT2D eigenvalue weighted by molar-refractivity contribution is 0.258. The van der Waals surface area contributed by atoms with Gasteiger partial charge in [0.25, 0.3) is 5.56 Å². The van der Waals surface area contributed by atoms with Gasteiger partial charge < -0.3 is 10.4 Å². The number of aromatic nitrogens is 2. The van der Waals surface area contributed by atoms with E-state index in [2.05, 4.69) is 10.4 Å². The zero-order valence-corrected chi connectivity index (χ0v) is 13.9. The zero-order chi connectivity index (χ0) is 17.7. The van der Waals surface area contributed by atoms with Gasteiger partial charge in [-0.25, -0.2) is 8.78 Å². The first-order valence-corrected chi connectivity index (χ1v) is 7.93. The molecule has 2 rings (SSSR count). The number of nitrogens with one attached hydrogen (secondary N) is 1. The van der Waals surface area contributed by atoms with Crippen molar-refractivity contribution >= 4 is 17.3 Å². The molecular formula is C16H18ClF2N3O2. The number of benzene rings is 1. The molecule has 5 nitrogen and oxygen atoms in total. The predicted octanol–water partition coefficient (Wildman–Crippen LogP) is 2.98. The van der Waals surface area contributed by atoms with Crippen molar-refractivity contribution in [1.82, 2.24) is 9.78 Å². The van der Waals surface area contributed by atoms with Crippen LogP contribution in [0.25, 0.3) is 5.69 Å². The Kier molecular flexibility index (Phi) is 6.28. The average molecular weight is 358 g/mol. The quantitative estimate of drug-likeness (QED) is 0.799. The van der Waals surface area contributed by atoms with Crippen LogP contribution in [-0.4, -0.2) is 28.0 Å². The molecule has 130 valence electrons. The SMILES string of the molecule is CC[C@@H](CCO)CNc1cnn(-c2ccc(F)cc2F)c(=O)c1Cl. The second-order valence-corrected chi connectivity index (χ2v) is 5.73. The van der Waals surface area contributed by atoms with E-state index in [1.807, 2.05) is 6.92 Å². The molecule has 1 aromatic carbocycles. The molecule has 0 spiro atoms. The Morgan fingerprint density at radius 1 is 1.42 bits per heavy atom. The summed E-state index contributed by atoms with van der Waals surface area (Å²) in [5, 5.41) is 15.8. The molecule has 24 heavy (non-hydrogen) atoms. The molecule has 0 radical (unpaired) electrons. The summed E-state index contributed by atoms with van der Waals surface area (Å²) in [5.41, 5.74) is -0.555. The maximum absolute atomic E-state index is 13.8. The van der Waals surface area contributed by atoms with Gasteiger partial charge in [0.2, 0.25) is 0 Å². The maximum Gasteiger partial charge on any atom is 0.292 e. The molecule has 8 heteroatoms. The van der Waals surface area contributed by atoms with Crippen molar-refractivity contribution < 1.29 is 13.9 Å². The van der Waals surface area contributed by atoms with Crippen LogP contribution in [0.15, 0.2) is 29.2 Å². The summed E-state index contributed by atoms with van der Waals surface area (Å²) < 4.78 is 27.6. The van der Waals surface area contributed by atoms with Crippen molar-refractivity contribution in [3.05, 3.63) is 51.4 Å². The summed E-state index contributed by atoms with van der Waals surface area (Å²) in [4.78, 5) is 12.3. The Bertz CT molecular complexity index is 767. The van der Waals surface area contributed by atoms with E-state index in [1.54, 1.807) is 0 Å². The summed E-state index contributed by atoms with van der Waals surface area (Å²) in [6.07, 6.45) is 2.81. The fourth-order valence-corrected chi connectivity index (χ4v) is 2.46. The summed E-state index contributed by atoms with van der Waals surface area (Å²) in [6, 6.07) is 2.83. The number of halogens is 3. The van der Waals surface area contributed by atoms with E-state index in [-0.39, 0.29) is 23.2 Å². The van der Waals surface area contributed by atoms with Crippen LogP contribution in [0.4, 0.5) is 14.5 Å². The van der Waals surface area contributed by atoms with Crippen molar-refractivity contribution in [1.29, 1.82) is 0 Å². The molecule has 1 aromatic heterocycles. The number of hydrogen-bond acceptors (Lipinski definition) is 4. The van der Waals surface area contributed by atoms with Crippen LogP contribution < -0.4 is 10.9 Å². The van der Waals surface area contributed by atoms with E-state index in [1.165, 1.54) is 6.20 Å². The van der Waals surface area contributed by atoms with Gasteiger partial charge in [0, 0.05) is 19.2 Å². The molecule has 0 aliphatic carbocycles. The number of hydrogen-bond donors (Lipinski definition) is 2. The molecule has 0 fully saturated rings. The lowest BCUT2D eigenvalue weighted by atomic mass is 10.0. The largest absolute Gasteiger partial charge is 0.396 e. The van der Waals surface area contributed by atoms with Crippen molar-refractivity contribution in [3.8, 4) is 5.69 Å². The van der Waals surface area contributed by atoms with E-state index in [0.717, 1.165) is 23.2 Å². The minimum absolute atomic E-state index is 0.0810. The van der Waals surface area contributed by atoms with Crippen LogP contribution in [0, 0.1) is 17.6 Å². The van der Waals surface area contributed by atoms with Crippen molar-refractivity contribution in [2.75, 3.05) is 18.5 Å². The van der Waals surface area contributed by atoms with Gasteiger partial charge in [0.1, 0.15) is 16.5 Å². The minimum atomic E-state index is -0.907. The first-order valence-electron chi connectivity index (χ1n) is 7.55. The monoisotopic (exact) mass is 357 g/mol. The summed E-state index contributed by atoms with van der Waals surface area (Å²) in [6.45, 7) is 2.60. The van der Waals surface area contributed by atoms with Gasteiger partial charge in [-0.3, -0.25) is 4.79 Å². The molecule has 0 saturated carbocycles. The Hall–Kier alpha value is -1.99. The molecule has 2 N–H and O–H groups in total. The van der Waals surface area contributed by atoms with Crippen LogP contribution in [0.3, 0.4) is 0 Å². The smallest absolute Gasteiger partial charge is 0.292 e. The van der Waals surface area contributed by atoms with Crippen LogP contribution in [0.5, 0.6) is 0 Å². The number of anilines is 1. The van der Waals surface area contributed by atoms with E-state index < -0.39 is 17.2 Å². The molecular weight excluding hydrogens is 340 g/mol. The van der Waals surface area contributed by atoms with Gasteiger partial charge in [-0.15, -0.1) is 0 Å². The highest BCUT2D eigenvalue weighted by atomic mass is 35.5. The van der Waals surface area contributed by atoms with Gasteiger partial charge in [-0.05, 0) is 24.5 Å². The van der Waals surface area contributed by atoms with E-state index in [9.17, 15) is 13.6 Å². The second kappa shape index (κ2) is 8.21. The maximum atomic E-state index is 13.8. The van der Waals surface area contributed by atoms with Crippen LogP contribution in [0.1, 0.15) is 19.8 Å². The third-order valence-electron chi connectivity index (χ3n) is 3.75. The number of aliphatic hydroxyl groups is 1. The van der Waals surface area contributed by atoms with Gasteiger partial charge in [-0.2, -0.15) is 9.78 Å².